The Hall–Kier alpha value is -2.64. The maximum Gasteiger partial charge on any atom is 0.191 e. The molecule has 3 aromatic rings. The molecular weight excluding hydrogens is 410 g/mol. The number of nitrogens with zero attached hydrogens (tertiary/aromatic N) is 5. The van der Waals surface area contributed by atoms with Crippen LogP contribution in [0, 0.1) is 0 Å². The molecule has 0 saturated heterocycles. The van der Waals surface area contributed by atoms with E-state index in [1.54, 1.807) is 0 Å². The molecule has 0 aliphatic rings. The fourth-order valence-electron chi connectivity index (χ4n) is 3.69. The number of benzene rings is 1. The van der Waals surface area contributed by atoms with Gasteiger partial charge in [0, 0.05) is 30.7 Å². The minimum atomic E-state index is 0.125. The predicted octanol–water partition coefficient (Wildman–Crippen LogP) is 3.56. The molecule has 0 spiro atoms. The molecule has 166 valence electrons. The van der Waals surface area contributed by atoms with Gasteiger partial charge in [0.15, 0.2) is 11.6 Å². The van der Waals surface area contributed by atoms with Crippen LogP contribution in [0.4, 0.5) is 0 Å². The first-order valence-electron chi connectivity index (χ1n) is 11.0. The van der Waals surface area contributed by atoms with Crippen LogP contribution in [0.5, 0.6) is 0 Å². The van der Waals surface area contributed by atoms with Crippen LogP contribution in [0.15, 0.2) is 53.7 Å². The first-order valence-corrected chi connectivity index (χ1v) is 11.3. The molecule has 2 heterocycles. The number of pyridine rings is 1. The lowest BCUT2D eigenvalue weighted by Crippen LogP contribution is -2.39. The summed E-state index contributed by atoms with van der Waals surface area (Å²) in [6, 6.07) is 14.1. The number of likely N-dealkylation sites (N-methyl/N-ethyl adjacent to an activating group) is 1. The summed E-state index contributed by atoms with van der Waals surface area (Å²) in [5.41, 5.74) is 1.97. The normalized spacial score (nSPS) is 13.0. The van der Waals surface area contributed by atoms with E-state index in [0.717, 1.165) is 54.1 Å². The molecule has 2 N–H and O–H groups in total. The minimum absolute atomic E-state index is 0.125. The van der Waals surface area contributed by atoms with E-state index in [9.17, 15) is 0 Å². The molecule has 0 radical (unpaired) electrons. The number of hydrogen-bond acceptors (Lipinski definition) is 4. The van der Waals surface area contributed by atoms with E-state index in [2.05, 4.69) is 52.6 Å². The molecule has 8 heteroatoms. The molecule has 2 aromatic heterocycles. The Bertz CT molecular complexity index is 981. The van der Waals surface area contributed by atoms with Gasteiger partial charge in [0.05, 0.1) is 12.6 Å². The van der Waals surface area contributed by atoms with Crippen molar-refractivity contribution in [1.29, 1.82) is 0 Å². The van der Waals surface area contributed by atoms with Gasteiger partial charge in [-0.2, -0.15) is 0 Å². The van der Waals surface area contributed by atoms with Crippen LogP contribution in [0.2, 0.25) is 5.02 Å². The lowest BCUT2D eigenvalue weighted by molar-refractivity contribution is 0.224. The van der Waals surface area contributed by atoms with Crippen molar-refractivity contribution in [1.82, 2.24) is 30.1 Å². The Morgan fingerprint density at radius 1 is 1.06 bits per heavy atom. The van der Waals surface area contributed by atoms with E-state index in [-0.39, 0.29) is 6.04 Å². The summed E-state index contributed by atoms with van der Waals surface area (Å²) < 4.78 is 2.01. The van der Waals surface area contributed by atoms with Crippen molar-refractivity contribution in [2.45, 2.75) is 33.2 Å². The lowest BCUT2D eigenvalue weighted by Gasteiger charge is -2.29. The summed E-state index contributed by atoms with van der Waals surface area (Å²) in [6.45, 7) is 10.4. The maximum atomic E-state index is 6.52. The number of aliphatic imine (C=N–C) groups is 1. The molecule has 1 unspecified atom stereocenters. The standard InChI is InChI=1S/C23H32ClN7/c1-4-25-23(26-15-14-22-29-28-21-13-9-10-16-31(21)22)27-17-20(30(5-2)6-3)18-11-7-8-12-19(18)24/h7-13,16,20H,4-6,14-15,17H2,1-3H3,(H2,25,26,27). The van der Waals surface area contributed by atoms with Crippen molar-refractivity contribution >= 4 is 23.2 Å². The molecule has 3 rings (SSSR count). The zero-order valence-corrected chi connectivity index (χ0v) is 19.3. The molecule has 1 aromatic carbocycles. The van der Waals surface area contributed by atoms with Crippen molar-refractivity contribution in [3.8, 4) is 0 Å². The number of fused-ring (bicyclic) bond motifs is 1. The summed E-state index contributed by atoms with van der Waals surface area (Å²) in [7, 11) is 0. The number of aromatic nitrogens is 3. The van der Waals surface area contributed by atoms with Crippen LogP contribution in [0.3, 0.4) is 0 Å². The second-order valence-corrected chi connectivity index (χ2v) is 7.61. The summed E-state index contributed by atoms with van der Waals surface area (Å²) in [5.74, 6) is 1.72. The number of nitrogens with one attached hydrogen (secondary N) is 2. The maximum absolute atomic E-state index is 6.52. The molecule has 31 heavy (non-hydrogen) atoms. The Morgan fingerprint density at radius 2 is 1.84 bits per heavy atom. The van der Waals surface area contributed by atoms with E-state index in [1.807, 2.05) is 47.0 Å². The molecule has 0 saturated carbocycles. The van der Waals surface area contributed by atoms with E-state index in [0.29, 0.717) is 13.1 Å². The number of guanidine groups is 1. The van der Waals surface area contributed by atoms with Crippen molar-refractivity contribution in [2.24, 2.45) is 4.99 Å². The second-order valence-electron chi connectivity index (χ2n) is 7.20. The van der Waals surface area contributed by atoms with Crippen molar-refractivity contribution < 1.29 is 0 Å². The van der Waals surface area contributed by atoms with Crippen LogP contribution in [0.25, 0.3) is 5.65 Å². The smallest absolute Gasteiger partial charge is 0.191 e. The van der Waals surface area contributed by atoms with Gasteiger partial charge in [-0.05, 0) is 43.8 Å². The van der Waals surface area contributed by atoms with Gasteiger partial charge in [0.25, 0.3) is 0 Å². The molecular formula is C23H32ClN7. The first kappa shape index (κ1) is 23.0. The van der Waals surface area contributed by atoms with E-state index < -0.39 is 0 Å². The van der Waals surface area contributed by atoms with Crippen molar-refractivity contribution in [3.63, 3.8) is 0 Å². The van der Waals surface area contributed by atoms with Gasteiger partial charge in [0.1, 0.15) is 5.82 Å². The molecule has 0 amide bonds. The van der Waals surface area contributed by atoms with E-state index in [4.69, 9.17) is 16.6 Å². The number of hydrogen-bond donors (Lipinski definition) is 2. The molecule has 0 aliphatic carbocycles. The topological polar surface area (TPSA) is 69.8 Å². The van der Waals surface area contributed by atoms with E-state index >= 15 is 0 Å². The fraction of sp³-hybridized carbons (Fsp3) is 0.435. The zero-order valence-electron chi connectivity index (χ0n) is 18.6. The SMILES string of the molecule is CCNC(=NCC(c1ccccc1Cl)N(CC)CC)NCCc1nnc2ccccn12. The van der Waals surface area contributed by atoms with Crippen LogP contribution < -0.4 is 10.6 Å². The minimum Gasteiger partial charge on any atom is -0.357 e. The molecule has 7 nitrogen and oxygen atoms in total. The van der Waals surface area contributed by atoms with Crippen molar-refractivity contribution in [3.05, 3.63) is 65.1 Å². The number of rotatable bonds is 10. The van der Waals surface area contributed by atoms with Gasteiger partial charge < -0.3 is 10.6 Å². The Morgan fingerprint density at radius 3 is 2.58 bits per heavy atom. The largest absolute Gasteiger partial charge is 0.357 e. The van der Waals surface area contributed by atoms with Gasteiger partial charge in [-0.25, -0.2) is 0 Å². The van der Waals surface area contributed by atoms with Gasteiger partial charge in [-0.15, -0.1) is 10.2 Å². The lowest BCUT2D eigenvalue weighted by atomic mass is 10.1. The van der Waals surface area contributed by atoms with E-state index in [1.165, 1.54) is 0 Å². The third-order valence-electron chi connectivity index (χ3n) is 5.31. The van der Waals surface area contributed by atoms with Crippen LogP contribution in [0.1, 0.15) is 38.2 Å². The van der Waals surface area contributed by atoms with Gasteiger partial charge in [-0.1, -0.05) is 49.7 Å². The summed E-state index contributed by atoms with van der Waals surface area (Å²) in [4.78, 5) is 7.27. The summed E-state index contributed by atoms with van der Waals surface area (Å²) in [5, 5.41) is 16.1. The molecule has 1 atom stereocenters. The Kier molecular flexibility index (Phi) is 8.67. The third-order valence-corrected chi connectivity index (χ3v) is 5.65. The average molecular weight is 442 g/mol. The highest BCUT2D eigenvalue weighted by Crippen LogP contribution is 2.27. The molecule has 0 fully saturated rings. The van der Waals surface area contributed by atoms with Crippen LogP contribution in [-0.2, 0) is 6.42 Å². The zero-order chi connectivity index (χ0) is 22.1. The predicted molar refractivity (Wildman–Crippen MR) is 128 cm³/mol. The summed E-state index contributed by atoms with van der Waals surface area (Å²) >= 11 is 6.52. The Labute approximate surface area is 189 Å². The number of halogens is 1. The first-order chi connectivity index (χ1) is 15.2. The highest BCUT2D eigenvalue weighted by Gasteiger charge is 2.20. The summed E-state index contributed by atoms with van der Waals surface area (Å²) in [6.07, 6.45) is 2.74. The highest BCUT2D eigenvalue weighted by atomic mass is 35.5. The highest BCUT2D eigenvalue weighted by molar-refractivity contribution is 6.31. The van der Waals surface area contributed by atoms with Gasteiger partial charge >= 0.3 is 0 Å². The van der Waals surface area contributed by atoms with Gasteiger partial charge in [-0.3, -0.25) is 14.3 Å². The van der Waals surface area contributed by atoms with Crippen LogP contribution >= 0.6 is 11.6 Å². The quantitative estimate of drug-likeness (QED) is 0.372. The van der Waals surface area contributed by atoms with Crippen molar-refractivity contribution in [2.75, 3.05) is 32.7 Å². The monoisotopic (exact) mass is 441 g/mol. The molecule has 0 aliphatic heterocycles. The second kappa shape index (κ2) is 11.7. The Balaban J connectivity index is 1.69. The fourth-order valence-corrected chi connectivity index (χ4v) is 3.96. The average Bonchev–Trinajstić information content (AvgIpc) is 3.20. The molecule has 0 bridgehead atoms. The van der Waals surface area contributed by atoms with Crippen LogP contribution in [-0.4, -0.2) is 58.2 Å². The van der Waals surface area contributed by atoms with Gasteiger partial charge in [0.2, 0.25) is 0 Å². The third kappa shape index (κ3) is 5.95.